The lowest BCUT2D eigenvalue weighted by molar-refractivity contribution is -0.135. The molecule has 0 saturated heterocycles. The number of hydrogen-bond acceptors (Lipinski definition) is 4. The molecule has 0 aliphatic carbocycles. The molecule has 0 saturated carbocycles. The highest BCUT2D eigenvalue weighted by Gasteiger charge is 2.27. The van der Waals surface area contributed by atoms with E-state index in [9.17, 15) is 14.0 Å². The molecule has 1 unspecified atom stereocenters. The fourth-order valence-corrected chi connectivity index (χ4v) is 2.14. The predicted molar refractivity (Wildman–Crippen MR) is 82.0 cm³/mol. The van der Waals surface area contributed by atoms with E-state index >= 15 is 0 Å². The van der Waals surface area contributed by atoms with Crippen LogP contribution in [0.4, 0.5) is 4.39 Å². The van der Waals surface area contributed by atoms with Crippen molar-refractivity contribution in [1.82, 2.24) is 10.2 Å². The number of methoxy groups -OCH3 is 1. The van der Waals surface area contributed by atoms with Gasteiger partial charge in [0.25, 0.3) is 0 Å². The number of amides is 1. The number of likely N-dealkylation sites (N-methyl/N-ethyl adjacent to an activating group) is 1. The summed E-state index contributed by atoms with van der Waals surface area (Å²) < 4.78 is 18.4. The molecule has 7 heteroatoms. The van der Waals surface area contributed by atoms with Crippen LogP contribution in [0.2, 0.25) is 5.02 Å². The summed E-state index contributed by atoms with van der Waals surface area (Å²) in [6, 6.07) is 3.38. The van der Waals surface area contributed by atoms with Gasteiger partial charge in [-0.15, -0.1) is 0 Å². The predicted octanol–water partition coefficient (Wildman–Crippen LogP) is 1.93. The fraction of sp³-hybridized carbons (Fsp3) is 0.333. The van der Waals surface area contributed by atoms with Gasteiger partial charge in [-0.25, -0.2) is 9.18 Å². The molecule has 5 nitrogen and oxygen atoms in total. The van der Waals surface area contributed by atoms with Gasteiger partial charge in [0.1, 0.15) is 11.9 Å². The first-order chi connectivity index (χ1) is 10.4. The molecule has 0 radical (unpaired) electrons. The average Bonchev–Trinajstić information content (AvgIpc) is 2.46. The molecule has 1 amide bonds. The summed E-state index contributed by atoms with van der Waals surface area (Å²) in [7, 11) is 4.56. The van der Waals surface area contributed by atoms with Crippen LogP contribution in [0.15, 0.2) is 30.4 Å². The lowest BCUT2D eigenvalue weighted by atomic mass is 10.0. The van der Waals surface area contributed by atoms with Gasteiger partial charge in [-0.1, -0.05) is 23.7 Å². The average molecular weight is 329 g/mol. The van der Waals surface area contributed by atoms with Crippen LogP contribution in [-0.2, 0) is 14.3 Å². The van der Waals surface area contributed by atoms with Crippen LogP contribution in [0.3, 0.4) is 0 Å². The van der Waals surface area contributed by atoms with E-state index in [2.05, 4.69) is 10.1 Å². The standard InChI is InChI=1S/C15H18ClFN2O3/c1-19(2)14(13-10(16)6-4-7-11(13)17)15(21)18-9-5-8-12(20)22-3/h4-8,14H,9H2,1-3H3,(H,18,21)/b8-5+. The van der Waals surface area contributed by atoms with Crippen LogP contribution < -0.4 is 5.32 Å². The van der Waals surface area contributed by atoms with Gasteiger partial charge in [-0.2, -0.15) is 0 Å². The van der Waals surface area contributed by atoms with Crippen molar-refractivity contribution in [1.29, 1.82) is 0 Å². The number of halogens is 2. The number of carbonyl (C=O) groups is 2. The van der Waals surface area contributed by atoms with E-state index in [1.165, 1.54) is 37.5 Å². The normalized spacial score (nSPS) is 12.5. The zero-order valence-electron chi connectivity index (χ0n) is 12.6. The number of benzene rings is 1. The summed E-state index contributed by atoms with van der Waals surface area (Å²) in [4.78, 5) is 24.7. The van der Waals surface area contributed by atoms with Gasteiger partial charge >= 0.3 is 5.97 Å². The molecule has 120 valence electrons. The molecule has 22 heavy (non-hydrogen) atoms. The highest BCUT2D eigenvalue weighted by molar-refractivity contribution is 6.31. The molecule has 0 heterocycles. The quantitative estimate of drug-likeness (QED) is 0.640. The van der Waals surface area contributed by atoms with E-state index in [1.807, 2.05) is 0 Å². The van der Waals surface area contributed by atoms with Crippen LogP contribution in [-0.4, -0.2) is 44.5 Å². The summed E-state index contributed by atoms with van der Waals surface area (Å²) in [6.07, 6.45) is 2.64. The van der Waals surface area contributed by atoms with Gasteiger partial charge in [0.2, 0.25) is 5.91 Å². The first kappa shape index (κ1) is 18.1. The Balaban J connectivity index is 2.86. The smallest absolute Gasteiger partial charge is 0.330 e. The van der Waals surface area contributed by atoms with E-state index in [0.29, 0.717) is 0 Å². The van der Waals surface area contributed by atoms with Gasteiger partial charge < -0.3 is 10.1 Å². The number of rotatable bonds is 6. The van der Waals surface area contributed by atoms with E-state index < -0.39 is 23.7 Å². The number of hydrogen-bond donors (Lipinski definition) is 1. The van der Waals surface area contributed by atoms with Crippen LogP contribution >= 0.6 is 11.6 Å². The minimum atomic E-state index is -0.875. The lowest BCUT2D eigenvalue weighted by Crippen LogP contribution is -2.37. The zero-order valence-corrected chi connectivity index (χ0v) is 13.4. The highest BCUT2D eigenvalue weighted by atomic mass is 35.5. The second kappa shape index (κ2) is 8.51. The van der Waals surface area contributed by atoms with Gasteiger partial charge in [0, 0.05) is 23.2 Å². The Kier molecular flexibility index (Phi) is 7.01. The molecule has 1 rings (SSSR count). The molecule has 0 bridgehead atoms. The van der Waals surface area contributed by atoms with Crippen LogP contribution in [0.25, 0.3) is 0 Å². The fourth-order valence-electron chi connectivity index (χ4n) is 1.88. The molecule has 0 aromatic heterocycles. The van der Waals surface area contributed by atoms with E-state index in [0.717, 1.165) is 0 Å². The number of nitrogens with zero attached hydrogens (tertiary/aromatic N) is 1. The minimum absolute atomic E-state index is 0.114. The topological polar surface area (TPSA) is 58.6 Å². The summed E-state index contributed by atoms with van der Waals surface area (Å²) >= 11 is 6.01. The Morgan fingerprint density at radius 1 is 1.45 bits per heavy atom. The van der Waals surface area contributed by atoms with E-state index in [4.69, 9.17) is 11.6 Å². The van der Waals surface area contributed by atoms with Crippen molar-refractivity contribution >= 4 is 23.5 Å². The number of esters is 1. The molecule has 0 aliphatic rings. The zero-order chi connectivity index (χ0) is 16.7. The summed E-state index contributed by atoms with van der Waals surface area (Å²) in [6.45, 7) is 0.115. The SMILES string of the molecule is COC(=O)/C=C/CNC(=O)C(c1c(F)cccc1Cl)N(C)C. The third kappa shape index (κ3) is 4.82. The first-order valence-electron chi connectivity index (χ1n) is 6.51. The maximum atomic E-state index is 14.0. The van der Waals surface area contributed by atoms with Gasteiger partial charge in [-0.05, 0) is 26.2 Å². The van der Waals surface area contributed by atoms with Gasteiger partial charge in [-0.3, -0.25) is 9.69 Å². The highest BCUT2D eigenvalue weighted by Crippen LogP contribution is 2.28. The van der Waals surface area contributed by atoms with Gasteiger partial charge in [0.15, 0.2) is 0 Å². The van der Waals surface area contributed by atoms with Crippen LogP contribution in [0.5, 0.6) is 0 Å². The second-order valence-corrected chi connectivity index (χ2v) is 5.08. The van der Waals surface area contributed by atoms with Crippen molar-refractivity contribution in [2.24, 2.45) is 0 Å². The van der Waals surface area contributed by atoms with Crippen molar-refractivity contribution in [3.63, 3.8) is 0 Å². The van der Waals surface area contributed by atoms with Crippen molar-refractivity contribution < 1.29 is 18.7 Å². The first-order valence-corrected chi connectivity index (χ1v) is 6.88. The second-order valence-electron chi connectivity index (χ2n) is 4.67. The molecular formula is C15H18ClFN2O3. The molecule has 0 spiro atoms. The molecule has 1 N–H and O–H groups in total. The summed E-state index contributed by atoms with van der Waals surface area (Å²) in [5.74, 6) is -1.49. The Hall–Kier alpha value is -1.92. The van der Waals surface area contributed by atoms with Crippen molar-refractivity contribution in [2.45, 2.75) is 6.04 Å². The van der Waals surface area contributed by atoms with E-state index in [1.54, 1.807) is 19.0 Å². The molecule has 1 aromatic rings. The largest absolute Gasteiger partial charge is 0.466 e. The third-order valence-corrected chi connectivity index (χ3v) is 3.22. The maximum absolute atomic E-state index is 14.0. The molecule has 0 aliphatic heterocycles. The summed E-state index contributed by atoms with van der Waals surface area (Å²) in [5, 5.41) is 2.78. The third-order valence-electron chi connectivity index (χ3n) is 2.89. The molecule has 0 fully saturated rings. The number of carbonyl (C=O) groups excluding carboxylic acids is 2. The van der Waals surface area contributed by atoms with Crippen molar-refractivity contribution in [2.75, 3.05) is 27.7 Å². The molecule has 1 aromatic carbocycles. The van der Waals surface area contributed by atoms with Crippen LogP contribution in [0, 0.1) is 5.82 Å². The van der Waals surface area contributed by atoms with E-state index in [-0.39, 0.29) is 17.1 Å². The Bertz CT molecular complexity index is 556. The van der Waals surface area contributed by atoms with Gasteiger partial charge in [0.05, 0.1) is 7.11 Å². The Labute approximate surface area is 133 Å². The van der Waals surface area contributed by atoms with Crippen molar-refractivity contribution in [3.8, 4) is 0 Å². The monoisotopic (exact) mass is 328 g/mol. The molecular weight excluding hydrogens is 311 g/mol. The number of nitrogens with one attached hydrogen (secondary N) is 1. The molecule has 1 atom stereocenters. The maximum Gasteiger partial charge on any atom is 0.330 e. The summed E-state index contributed by atoms with van der Waals surface area (Å²) in [5.41, 5.74) is 0.114. The Morgan fingerprint density at radius 3 is 2.68 bits per heavy atom. The minimum Gasteiger partial charge on any atom is -0.466 e. The number of ether oxygens (including phenoxy) is 1. The Morgan fingerprint density at radius 2 is 2.14 bits per heavy atom. The van der Waals surface area contributed by atoms with Crippen molar-refractivity contribution in [3.05, 3.63) is 46.8 Å². The van der Waals surface area contributed by atoms with Crippen LogP contribution in [0.1, 0.15) is 11.6 Å². The lowest BCUT2D eigenvalue weighted by Gasteiger charge is -2.24.